The van der Waals surface area contributed by atoms with E-state index in [0.717, 1.165) is 5.56 Å². The molecule has 1 saturated heterocycles. The predicted octanol–water partition coefficient (Wildman–Crippen LogP) is 1.61. The number of rotatable bonds is 6. The molecule has 2 unspecified atom stereocenters. The molecule has 1 amide bonds. The third-order valence-corrected chi connectivity index (χ3v) is 7.36. The van der Waals surface area contributed by atoms with Crippen LogP contribution in [0, 0.1) is 12.8 Å². The maximum atomic E-state index is 13.6. The molecular formula is C25H42N2O8S. The highest BCUT2D eigenvalue weighted by Gasteiger charge is 2.32. The highest BCUT2D eigenvalue weighted by molar-refractivity contribution is 7.89. The Kier molecular flexibility index (Phi) is 14.5. The van der Waals surface area contributed by atoms with Crippen LogP contribution in [-0.2, 0) is 38.5 Å². The average Bonchev–Trinajstić information content (AvgIpc) is 2.86. The van der Waals surface area contributed by atoms with E-state index < -0.39 is 16.1 Å². The average molecular weight is 531 g/mol. The monoisotopic (exact) mass is 530 g/mol. The molecule has 1 aromatic rings. The Morgan fingerprint density at radius 2 is 1.25 bits per heavy atom. The fourth-order valence-corrected chi connectivity index (χ4v) is 4.76. The van der Waals surface area contributed by atoms with Crippen molar-refractivity contribution in [2.45, 2.75) is 38.1 Å². The summed E-state index contributed by atoms with van der Waals surface area (Å²) < 4.78 is 56.5. The highest BCUT2D eigenvalue weighted by Crippen LogP contribution is 2.17. The number of carbonyl (C=O) groups is 1. The molecular weight excluding hydrogens is 488 g/mol. The molecule has 11 heteroatoms. The number of nitrogens with zero attached hydrogens (tertiary/aromatic N) is 1. The van der Waals surface area contributed by atoms with Gasteiger partial charge in [-0.05, 0) is 25.0 Å². The number of hydrogen-bond acceptors (Lipinski definition) is 8. The Balaban J connectivity index is 2.08. The molecule has 0 radical (unpaired) electrons. The van der Waals surface area contributed by atoms with E-state index in [1.165, 1.54) is 0 Å². The number of ether oxygens (including phenoxy) is 5. The van der Waals surface area contributed by atoms with Gasteiger partial charge in [-0.15, -0.1) is 0 Å². The van der Waals surface area contributed by atoms with Gasteiger partial charge in [-0.2, -0.15) is 4.72 Å². The van der Waals surface area contributed by atoms with Crippen molar-refractivity contribution in [3.63, 3.8) is 0 Å². The molecule has 0 bridgehead atoms. The van der Waals surface area contributed by atoms with E-state index >= 15 is 0 Å². The number of nitrogens with one attached hydrogen (secondary N) is 1. The quantitative estimate of drug-likeness (QED) is 0.591. The minimum atomic E-state index is -3.88. The van der Waals surface area contributed by atoms with Gasteiger partial charge in [0, 0.05) is 13.1 Å². The molecule has 1 N–H and O–H groups in total. The molecule has 0 spiro atoms. The summed E-state index contributed by atoms with van der Waals surface area (Å²) in [5.41, 5.74) is 0.955. The first-order valence-electron chi connectivity index (χ1n) is 12.6. The zero-order chi connectivity index (χ0) is 26.2. The summed E-state index contributed by atoms with van der Waals surface area (Å²) in [6.07, 6.45) is 0.631. The predicted molar refractivity (Wildman–Crippen MR) is 135 cm³/mol. The van der Waals surface area contributed by atoms with Gasteiger partial charge < -0.3 is 28.6 Å². The Morgan fingerprint density at radius 1 is 0.833 bits per heavy atom. The Labute approximate surface area is 215 Å². The van der Waals surface area contributed by atoms with Crippen molar-refractivity contribution in [1.29, 1.82) is 0 Å². The molecule has 2 rings (SSSR count). The normalized spacial score (nSPS) is 20.1. The van der Waals surface area contributed by atoms with Crippen molar-refractivity contribution < 1.29 is 36.9 Å². The largest absolute Gasteiger partial charge is 0.377 e. The number of aryl methyl sites for hydroxylation is 1. The van der Waals surface area contributed by atoms with Crippen LogP contribution in [0.1, 0.15) is 25.8 Å². The van der Waals surface area contributed by atoms with Crippen molar-refractivity contribution in [3.8, 4) is 0 Å². The second-order valence-corrected chi connectivity index (χ2v) is 10.4. The topological polar surface area (TPSA) is 113 Å². The second kappa shape index (κ2) is 17.0. The third-order valence-electron chi connectivity index (χ3n) is 5.90. The molecule has 1 aliphatic heterocycles. The van der Waals surface area contributed by atoms with E-state index in [2.05, 4.69) is 4.72 Å². The molecule has 1 heterocycles. The van der Waals surface area contributed by atoms with Gasteiger partial charge in [0.2, 0.25) is 15.9 Å². The lowest BCUT2D eigenvalue weighted by molar-refractivity contribution is -0.136. The van der Waals surface area contributed by atoms with Gasteiger partial charge in [0.15, 0.2) is 0 Å². The first kappa shape index (κ1) is 30.6. The number of sulfonamides is 1. The first-order chi connectivity index (χ1) is 17.3. The van der Waals surface area contributed by atoms with Crippen LogP contribution in [0.3, 0.4) is 0 Å². The van der Waals surface area contributed by atoms with Gasteiger partial charge in [0.1, 0.15) is 6.04 Å². The van der Waals surface area contributed by atoms with E-state index in [1.807, 2.05) is 20.8 Å². The molecule has 10 nitrogen and oxygen atoms in total. The molecule has 2 atom stereocenters. The summed E-state index contributed by atoms with van der Waals surface area (Å²) in [5, 5.41) is 0. The molecule has 206 valence electrons. The smallest absolute Gasteiger partial charge is 0.241 e. The van der Waals surface area contributed by atoms with E-state index in [4.69, 9.17) is 23.7 Å². The van der Waals surface area contributed by atoms with Gasteiger partial charge in [-0.25, -0.2) is 8.42 Å². The number of benzene rings is 1. The van der Waals surface area contributed by atoms with Gasteiger partial charge in [-0.1, -0.05) is 38.0 Å². The van der Waals surface area contributed by atoms with Crippen LogP contribution < -0.4 is 4.72 Å². The van der Waals surface area contributed by atoms with Gasteiger partial charge in [0.05, 0.1) is 71.0 Å². The summed E-state index contributed by atoms with van der Waals surface area (Å²) in [4.78, 5) is 15.3. The van der Waals surface area contributed by atoms with Crippen LogP contribution in [0.5, 0.6) is 0 Å². The second-order valence-electron chi connectivity index (χ2n) is 8.68. The molecule has 1 aromatic carbocycles. The maximum absolute atomic E-state index is 13.6. The summed E-state index contributed by atoms with van der Waals surface area (Å²) in [6, 6.07) is 5.65. The Hall–Kier alpha value is -1.60. The summed E-state index contributed by atoms with van der Waals surface area (Å²) >= 11 is 0. The molecule has 1 fully saturated rings. The fourth-order valence-electron chi connectivity index (χ4n) is 3.46. The van der Waals surface area contributed by atoms with Crippen molar-refractivity contribution in [3.05, 3.63) is 29.8 Å². The van der Waals surface area contributed by atoms with Crippen LogP contribution >= 0.6 is 0 Å². The van der Waals surface area contributed by atoms with Crippen LogP contribution in [0.2, 0.25) is 0 Å². The minimum Gasteiger partial charge on any atom is -0.377 e. The van der Waals surface area contributed by atoms with Crippen molar-refractivity contribution in [1.82, 2.24) is 9.62 Å². The van der Waals surface area contributed by atoms with Gasteiger partial charge >= 0.3 is 0 Å². The van der Waals surface area contributed by atoms with Crippen LogP contribution in [0.4, 0.5) is 0 Å². The lowest BCUT2D eigenvalue weighted by Crippen LogP contribution is -2.53. The van der Waals surface area contributed by atoms with Gasteiger partial charge in [0.25, 0.3) is 0 Å². The Bertz CT molecular complexity index is 832. The third kappa shape index (κ3) is 11.2. The highest BCUT2D eigenvalue weighted by atomic mass is 32.2. The molecule has 1 aliphatic rings. The number of hydrogen-bond donors (Lipinski definition) is 1. The molecule has 0 aromatic heterocycles. The zero-order valence-electron chi connectivity index (χ0n) is 21.8. The summed E-state index contributed by atoms with van der Waals surface area (Å²) in [6.45, 7) is 10.4. The fraction of sp³-hybridized carbons (Fsp3) is 0.720. The van der Waals surface area contributed by atoms with Crippen molar-refractivity contribution >= 4 is 15.9 Å². The maximum Gasteiger partial charge on any atom is 0.241 e. The SMILES string of the molecule is CCC(C)C(NS(=O)(=O)c1ccc(C)cc1)C(=O)N1CCOCCOCCOCCOCCOCC1. The van der Waals surface area contributed by atoms with Gasteiger partial charge in [-0.3, -0.25) is 4.79 Å². The molecule has 0 saturated carbocycles. The van der Waals surface area contributed by atoms with Crippen molar-refractivity contribution in [2.75, 3.05) is 79.2 Å². The summed E-state index contributed by atoms with van der Waals surface area (Å²) in [5.74, 6) is -0.511. The Morgan fingerprint density at radius 3 is 1.67 bits per heavy atom. The lowest BCUT2D eigenvalue weighted by atomic mass is 9.99. The minimum absolute atomic E-state index is 0.131. The standard InChI is InChI=1S/C25H42N2O8S/c1-4-22(3)24(26-36(29,30)23-7-5-21(2)6-8-23)25(28)27-9-11-31-13-15-33-17-19-35-20-18-34-16-14-32-12-10-27/h5-8,22,24,26H,4,9-20H2,1-3H3. The van der Waals surface area contributed by atoms with Crippen LogP contribution in [0.25, 0.3) is 0 Å². The van der Waals surface area contributed by atoms with Crippen LogP contribution in [0.15, 0.2) is 29.2 Å². The van der Waals surface area contributed by atoms with Crippen LogP contribution in [-0.4, -0.2) is 104 Å². The lowest BCUT2D eigenvalue weighted by Gasteiger charge is -2.30. The van der Waals surface area contributed by atoms with E-state index in [1.54, 1.807) is 29.2 Å². The number of amides is 1. The van der Waals surface area contributed by atoms with E-state index in [9.17, 15) is 13.2 Å². The number of carbonyl (C=O) groups excluding carboxylic acids is 1. The zero-order valence-corrected chi connectivity index (χ0v) is 22.6. The van der Waals surface area contributed by atoms with E-state index in [-0.39, 0.29) is 16.7 Å². The summed E-state index contributed by atoms with van der Waals surface area (Å²) in [7, 11) is -3.88. The molecule has 36 heavy (non-hydrogen) atoms. The molecule has 0 aliphatic carbocycles. The first-order valence-corrected chi connectivity index (χ1v) is 14.1. The van der Waals surface area contributed by atoms with E-state index in [0.29, 0.717) is 85.6 Å². The van der Waals surface area contributed by atoms with Crippen molar-refractivity contribution in [2.24, 2.45) is 5.92 Å².